The molecule has 1 N–H and O–H groups in total. The molecule has 0 bridgehead atoms. The van der Waals surface area contributed by atoms with Gasteiger partial charge in [0.05, 0.1) is 12.3 Å². The molecule has 3 rings (SSSR count). The molecule has 0 fully saturated rings. The van der Waals surface area contributed by atoms with E-state index in [1.807, 2.05) is 30.3 Å². The molecule has 1 aromatic carbocycles. The van der Waals surface area contributed by atoms with Crippen molar-refractivity contribution in [2.24, 2.45) is 0 Å². The molecule has 2 heterocycles. The molecule has 1 aliphatic rings. The van der Waals surface area contributed by atoms with Gasteiger partial charge in [0.25, 0.3) is 5.56 Å². The number of aromatic nitrogens is 2. The van der Waals surface area contributed by atoms with Crippen LogP contribution in [0.15, 0.2) is 40.3 Å². The lowest BCUT2D eigenvalue weighted by atomic mass is 10.3. The molecule has 0 radical (unpaired) electrons. The number of para-hydroxylation sites is 1. The Kier molecular flexibility index (Phi) is 5.45. The molecular weight excluding hydrogens is 316 g/mol. The summed E-state index contributed by atoms with van der Waals surface area (Å²) in [4.78, 5) is 19.3. The zero-order valence-electron chi connectivity index (χ0n) is 12.2. The Hall–Kier alpha value is -1.40. The van der Waals surface area contributed by atoms with Crippen molar-refractivity contribution in [3.05, 3.63) is 51.9 Å². The molecule has 1 aliphatic heterocycles. The largest absolute Gasteiger partial charge is 0.494 e. The predicted molar refractivity (Wildman–Crippen MR) is 91.8 cm³/mol. The van der Waals surface area contributed by atoms with Crippen molar-refractivity contribution in [1.29, 1.82) is 0 Å². The monoisotopic (exact) mass is 334 g/mol. The van der Waals surface area contributed by atoms with E-state index in [2.05, 4.69) is 9.97 Å². The summed E-state index contributed by atoms with van der Waals surface area (Å²) in [6.45, 7) is 0.718. The van der Waals surface area contributed by atoms with Gasteiger partial charge < -0.3 is 9.72 Å². The Morgan fingerprint density at radius 2 is 2.09 bits per heavy atom. The number of nitrogens with zero attached hydrogens (tertiary/aromatic N) is 1. The van der Waals surface area contributed by atoms with E-state index in [0.29, 0.717) is 0 Å². The average molecular weight is 334 g/mol. The van der Waals surface area contributed by atoms with Gasteiger partial charge in [-0.3, -0.25) is 4.79 Å². The first-order valence-corrected chi connectivity index (χ1v) is 9.47. The lowest BCUT2D eigenvalue weighted by molar-refractivity contribution is 0.310. The summed E-state index contributed by atoms with van der Waals surface area (Å²) < 4.78 is 5.65. The molecular formula is C16H18N2O2S2. The average Bonchev–Trinajstić information content (AvgIpc) is 3.01. The first-order valence-electron chi connectivity index (χ1n) is 7.33. The van der Waals surface area contributed by atoms with E-state index in [9.17, 15) is 4.79 Å². The van der Waals surface area contributed by atoms with E-state index < -0.39 is 0 Å². The van der Waals surface area contributed by atoms with E-state index in [0.717, 1.165) is 58.9 Å². The van der Waals surface area contributed by atoms with Gasteiger partial charge in [-0.25, -0.2) is 4.98 Å². The number of rotatable bonds is 7. The standard InChI is InChI=1S/C16H18N2O2S2/c19-15-13-10-21-11-14(13)17-16(18-15)22-9-5-4-8-20-12-6-2-1-3-7-12/h1-3,6-7H,4-5,8-11H2,(H,17,18,19). The fourth-order valence-corrected chi connectivity index (χ4v) is 4.11. The van der Waals surface area contributed by atoms with Crippen molar-refractivity contribution in [2.75, 3.05) is 12.4 Å². The molecule has 0 saturated carbocycles. The van der Waals surface area contributed by atoms with Crippen LogP contribution in [-0.4, -0.2) is 22.3 Å². The van der Waals surface area contributed by atoms with E-state index in [1.54, 1.807) is 23.5 Å². The number of H-pyrrole nitrogens is 1. The minimum Gasteiger partial charge on any atom is -0.494 e. The van der Waals surface area contributed by atoms with E-state index in [4.69, 9.17) is 4.74 Å². The first-order chi connectivity index (χ1) is 10.8. The molecule has 0 amide bonds. The molecule has 1 aromatic heterocycles. The summed E-state index contributed by atoms with van der Waals surface area (Å²) in [6, 6.07) is 9.85. The van der Waals surface area contributed by atoms with Crippen LogP contribution in [0.3, 0.4) is 0 Å². The summed E-state index contributed by atoms with van der Waals surface area (Å²) in [6.07, 6.45) is 2.03. The number of aromatic amines is 1. The van der Waals surface area contributed by atoms with Crippen LogP contribution in [0.25, 0.3) is 0 Å². The number of ether oxygens (including phenoxy) is 1. The second kappa shape index (κ2) is 7.74. The van der Waals surface area contributed by atoms with Crippen molar-refractivity contribution >= 4 is 23.5 Å². The summed E-state index contributed by atoms with van der Waals surface area (Å²) in [7, 11) is 0. The Labute approximate surface area is 138 Å². The first kappa shape index (κ1) is 15.5. The summed E-state index contributed by atoms with van der Waals surface area (Å²) in [5, 5.41) is 0.746. The van der Waals surface area contributed by atoms with Crippen LogP contribution < -0.4 is 10.3 Å². The van der Waals surface area contributed by atoms with Crippen molar-refractivity contribution in [3.63, 3.8) is 0 Å². The van der Waals surface area contributed by atoms with Crippen LogP contribution in [0.2, 0.25) is 0 Å². The maximum Gasteiger partial charge on any atom is 0.255 e. The minimum atomic E-state index is 0.0323. The molecule has 0 spiro atoms. The Morgan fingerprint density at radius 1 is 1.23 bits per heavy atom. The number of benzene rings is 1. The number of hydrogen-bond acceptors (Lipinski definition) is 5. The number of nitrogens with one attached hydrogen (secondary N) is 1. The highest BCUT2D eigenvalue weighted by Gasteiger charge is 2.17. The second-order valence-electron chi connectivity index (χ2n) is 5.01. The van der Waals surface area contributed by atoms with Gasteiger partial charge in [-0.05, 0) is 25.0 Å². The molecule has 0 atom stereocenters. The lowest BCUT2D eigenvalue weighted by Crippen LogP contribution is -2.14. The smallest absolute Gasteiger partial charge is 0.255 e. The van der Waals surface area contributed by atoms with Crippen molar-refractivity contribution in [3.8, 4) is 5.75 Å². The molecule has 116 valence electrons. The number of unbranched alkanes of at least 4 members (excludes halogenated alkanes) is 1. The van der Waals surface area contributed by atoms with Crippen LogP contribution in [0.5, 0.6) is 5.75 Å². The van der Waals surface area contributed by atoms with Gasteiger partial charge in [-0.15, -0.1) is 0 Å². The zero-order chi connectivity index (χ0) is 15.2. The molecule has 22 heavy (non-hydrogen) atoms. The molecule has 0 saturated heterocycles. The van der Waals surface area contributed by atoms with Gasteiger partial charge in [-0.1, -0.05) is 30.0 Å². The summed E-state index contributed by atoms with van der Waals surface area (Å²) >= 11 is 3.37. The van der Waals surface area contributed by atoms with Crippen LogP contribution >= 0.6 is 23.5 Å². The van der Waals surface area contributed by atoms with Crippen LogP contribution in [-0.2, 0) is 11.5 Å². The molecule has 6 heteroatoms. The maximum atomic E-state index is 11.9. The van der Waals surface area contributed by atoms with E-state index in [-0.39, 0.29) is 5.56 Å². The van der Waals surface area contributed by atoms with E-state index in [1.165, 1.54) is 0 Å². The Balaban J connectivity index is 1.39. The quantitative estimate of drug-likeness (QED) is 0.477. The normalized spacial score (nSPS) is 13.1. The highest BCUT2D eigenvalue weighted by atomic mass is 32.2. The number of thioether (sulfide) groups is 2. The fraction of sp³-hybridized carbons (Fsp3) is 0.375. The fourth-order valence-electron chi connectivity index (χ4n) is 2.19. The molecule has 4 nitrogen and oxygen atoms in total. The van der Waals surface area contributed by atoms with Gasteiger partial charge in [-0.2, -0.15) is 11.8 Å². The molecule has 0 unspecified atom stereocenters. The topological polar surface area (TPSA) is 55.0 Å². The maximum absolute atomic E-state index is 11.9. The minimum absolute atomic E-state index is 0.0323. The third kappa shape index (κ3) is 4.08. The molecule has 0 aliphatic carbocycles. The lowest BCUT2D eigenvalue weighted by Gasteiger charge is -2.06. The number of fused-ring (bicyclic) bond motifs is 1. The van der Waals surface area contributed by atoms with Crippen LogP contribution in [0, 0.1) is 0 Å². The van der Waals surface area contributed by atoms with Gasteiger partial charge in [0.2, 0.25) is 0 Å². The predicted octanol–water partition coefficient (Wildman–Crippen LogP) is 3.47. The zero-order valence-corrected chi connectivity index (χ0v) is 13.8. The van der Waals surface area contributed by atoms with Crippen molar-refractivity contribution < 1.29 is 4.74 Å². The van der Waals surface area contributed by atoms with Gasteiger partial charge in [0, 0.05) is 22.8 Å². The second-order valence-corrected chi connectivity index (χ2v) is 7.08. The highest BCUT2D eigenvalue weighted by Crippen LogP contribution is 2.26. The third-order valence-electron chi connectivity index (χ3n) is 3.35. The highest BCUT2D eigenvalue weighted by molar-refractivity contribution is 7.99. The third-order valence-corrected chi connectivity index (χ3v) is 5.28. The van der Waals surface area contributed by atoms with Crippen LogP contribution in [0.4, 0.5) is 0 Å². The summed E-state index contributed by atoms with van der Waals surface area (Å²) in [5.41, 5.74) is 1.85. The Bertz CT molecular complexity index is 674. The van der Waals surface area contributed by atoms with Gasteiger partial charge in [0.1, 0.15) is 5.75 Å². The van der Waals surface area contributed by atoms with Crippen LogP contribution in [0.1, 0.15) is 24.1 Å². The van der Waals surface area contributed by atoms with Crippen molar-refractivity contribution in [2.45, 2.75) is 29.5 Å². The number of hydrogen-bond donors (Lipinski definition) is 1. The van der Waals surface area contributed by atoms with Crippen molar-refractivity contribution in [1.82, 2.24) is 9.97 Å². The molecule has 2 aromatic rings. The van der Waals surface area contributed by atoms with Gasteiger partial charge >= 0.3 is 0 Å². The SMILES string of the molecule is O=c1[nH]c(SCCCCOc2ccccc2)nc2c1CSC2. The van der Waals surface area contributed by atoms with E-state index >= 15 is 0 Å². The van der Waals surface area contributed by atoms with Gasteiger partial charge in [0.15, 0.2) is 5.16 Å². The Morgan fingerprint density at radius 3 is 2.95 bits per heavy atom. The summed E-state index contributed by atoms with van der Waals surface area (Å²) in [5.74, 6) is 3.50.